The first kappa shape index (κ1) is 15.6. The topological polar surface area (TPSA) is 67.2 Å². The molecule has 8 heteroatoms. The maximum atomic E-state index is 13.2. The van der Waals surface area contributed by atoms with Crippen LogP contribution in [0.1, 0.15) is 5.56 Å². The molecule has 0 bridgehead atoms. The molecule has 0 heterocycles. The molecule has 0 aliphatic rings. The minimum absolute atomic E-state index is 0.00805. The fraction of sp³-hybridized carbons (Fsp3) is 0. The molecular weight excluding hydrogens is 340 g/mol. The van der Waals surface area contributed by atoms with Crippen molar-refractivity contribution in [1.29, 1.82) is 5.26 Å². The molecule has 0 aliphatic carbocycles. The Labute approximate surface area is 130 Å². The van der Waals surface area contributed by atoms with E-state index in [0.717, 1.165) is 18.2 Å². The Morgan fingerprint density at radius 2 is 1.86 bits per heavy atom. The Morgan fingerprint density at radius 1 is 1.14 bits per heavy atom. The lowest BCUT2D eigenvalue weighted by Crippen LogP contribution is -2.10. The predicted molar refractivity (Wildman–Crippen MR) is 75.4 cm³/mol. The molecular formula is C13H6Cl2FNO3S. The Bertz CT molecular complexity index is 847. The van der Waals surface area contributed by atoms with Gasteiger partial charge >= 0.3 is 10.1 Å². The molecule has 0 aliphatic heterocycles. The van der Waals surface area contributed by atoms with E-state index in [4.69, 9.17) is 32.6 Å². The smallest absolute Gasteiger partial charge is 0.339 e. The van der Waals surface area contributed by atoms with Crippen LogP contribution in [0.4, 0.5) is 4.39 Å². The van der Waals surface area contributed by atoms with E-state index in [0.29, 0.717) is 5.02 Å². The molecule has 2 aromatic carbocycles. The maximum absolute atomic E-state index is 13.2. The van der Waals surface area contributed by atoms with Gasteiger partial charge in [0.15, 0.2) is 5.75 Å². The van der Waals surface area contributed by atoms with Gasteiger partial charge in [-0.3, -0.25) is 0 Å². The van der Waals surface area contributed by atoms with Crippen LogP contribution in [0.2, 0.25) is 10.0 Å². The third-order valence-corrected chi connectivity index (χ3v) is 4.20. The normalized spacial score (nSPS) is 11.0. The number of nitriles is 1. The molecule has 0 saturated heterocycles. The van der Waals surface area contributed by atoms with Gasteiger partial charge in [-0.15, -0.1) is 0 Å². The van der Waals surface area contributed by atoms with Gasteiger partial charge in [0.1, 0.15) is 16.8 Å². The lowest BCUT2D eigenvalue weighted by Gasteiger charge is -2.09. The fourth-order valence-electron chi connectivity index (χ4n) is 1.45. The van der Waals surface area contributed by atoms with Crippen LogP contribution in [-0.4, -0.2) is 8.42 Å². The van der Waals surface area contributed by atoms with E-state index in [1.165, 1.54) is 18.2 Å². The predicted octanol–water partition coefficient (Wildman–Crippen LogP) is 3.77. The summed E-state index contributed by atoms with van der Waals surface area (Å²) in [6, 6.07) is 8.32. The average molecular weight is 346 g/mol. The summed E-state index contributed by atoms with van der Waals surface area (Å²) in [5.41, 5.74) is -0.401. The molecule has 0 fully saturated rings. The number of hydrogen-bond acceptors (Lipinski definition) is 4. The van der Waals surface area contributed by atoms with Crippen molar-refractivity contribution >= 4 is 33.3 Å². The summed E-state index contributed by atoms with van der Waals surface area (Å²) in [6.07, 6.45) is 0. The summed E-state index contributed by atoms with van der Waals surface area (Å²) in [7, 11) is -4.24. The summed E-state index contributed by atoms with van der Waals surface area (Å²) in [5.74, 6) is -0.940. The minimum Gasteiger partial charge on any atom is -0.377 e. The highest BCUT2D eigenvalue weighted by Gasteiger charge is 2.20. The number of benzene rings is 2. The van der Waals surface area contributed by atoms with Crippen LogP contribution >= 0.6 is 23.2 Å². The van der Waals surface area contributed by atoms with E-state index in [1.54, 1.807) is 6.07 Å². The second-order valence-electron chi connectivity index (χ2n) is 3.87. The highest BCUT2D eigenvalue weighted by molar-refractivity contribution is 7.87. The van der Waals surface area contributed by atoms with Crippen molar-refractivity contribution in [2.75, 3.05) is 0 Å². The van der Waals surface area contributed by atoms with Crippen molar-refractivity contribution in [2.45, 2.75) is 4.90 Å². The third-order valence-electron chi connectivity index (χ3n) is 2.44. The van der Waals surface area contributed by atoms with E-state index in [2.05, 4.69) is 0 Å². The van der Waals surface area contributed by atoms with Crippen LogP contribution in [-0.2, 0) is 10.1 Å². The molecule has 0 unspecified atom stereocenters. The van der Waals surface area contributed by atoms with E-state index >= 15 is 0 Å². The first-order valence-corrected chi connectivity index (χ1v) is 7.59. The van der Waals surface area contributed by atoms with E-state index in [9.17, 15) is 12.8 Å². The van der Waals surface area contributed by atoms with Crippen molar-refractivity contribution in [1.82, 2.24) is 0 Å². The van der Waals surface area contributed by atoms with E-state index < -0.39 is 21.5 Å². The summed E-state index contributed by atoms with van der Waals surface area (Å²) in [4.78, 5) is -0.355. The molecule has 0 amide bonds. The van der Waals surface area contributed by atoms with Crippen molar-refractivity contribution in [3.63, 3.8) is 0 Å². The molecule has 0 spiro atoms. The van der Waals surface area contributed by atoms with Gasteiger partial charge < -0.3 is 4.18 Å². The fourth-order valence-corrected chi connectivity index (χ4v) is 2.92. The van der Waals surface area contributed by atoms with E-state index in [-0.39, 0.29) is 15.7 Å². The molecule has 0 radical (unpaired) electrons. The van der Waals surface area contributed by atoms with Gasteiger partial charge in [-0.25, -0.2) is 4.39 Å². The number of hydrogen-bond donors (Lipinski definition) is 0. The van der Waals surface area contributed by atoms with Gasteiger partial charge in [-0.1, -0.05) is 23.2 Å². The Balaban J connectivity index is 2.41. The highest BCUT2D eigenvalue weighted by Crippen LogP contribution is 2.30. The minimum atomic E-state index is -4.24. The molecule has 0 N–H and O–H groups in total. The van der Waals surface area contributed by atoms with Crippen molar-refractivity contribution in [3.05, 3.63) is 57.8 Å². The van der Waals surface area contributed by atoms with E-state index in [1.807, 2.05) is 0 Å². The molecule has 4 nitrogen and oxygen atoms in total. The number of halogens is 3. The van der Waals surface area contributed by atoms with Crippen LogP contribution in [0.5, 0.6) is 5.75 Å². The van der Waals surface area contributed by atoms with Crippen LogP contribution in [0, 0.1) is 17.1 Å². The first-order valence-electron chi connectivity index (χ1n) is 5.42. The second kappa shape index (κ2) is 5.90. The molecule has 0 atom stereocenters. The van der Waals surface area contributed by atoms with Crippen molar-refractivity contribution in [2.24, 2.45) is 0 Å². The molecule has 108 valence electrons. The van der Waals surface area contributed by atoms with Crippen molar-refractivity contribution < 1.29 is 17.0 Å². The Hall–Kier alpha value is -1.81. The Morgan fingerprint density at radius 3 is 2.48 bits per heavy atom. The zero-order valence-corrected chi connectivity index (χ0v) is 12.5. The summed E-state index contributed by atoms with van der Waals surface area (Å²) < 4.78 is 42.2. The molecule has 0 saturated carbocycles. The summed E-state index contributed by atoms with van der Waals surface area (Å²) >= 11 is 11.5. The third kappa shape index (κ3) is 3.45. The number of nitrogens with zero attached hydrogens (tertiary/aromatic N) is 1. The molecule has 2 rings (SSSR count). The first-order chi connectivity index (χ1) is 9.83. The van der Waals surface area contributed by atoms with Crippen molar-refractivity contribution in [3.8, 4) is 11.8 Å². The lowest BCUT2D eigenvalue weighted by molar-refractivity contribution is 0.486. The molecule has 2 aromatic rings. The SMILES string of the molecule is N#Cc1cc(S(=O)(=O)Oc2ccc(Cl)cc2Cl)ccc1F. The van der Waals surface area contributed by atoms with Gasteiger partial charge in [0.05, 0.1) is 10.6 Å². The quantitative estimate of drug-likeness (QED) is 0.794. The summed E-state index contributed by atoms with van der Waals surface area (Å²) in [5, 5.41) is 9.04. The zero-order valence-electron chi connectivity index (χ0n) is 10.2. The highest BCUT2D eigenvalue weighted by atomic mass is 35.5. The van der Waals surface area contributed by atoms with Gasteiger partial charge in [-0.2, -0.15) is 13.7 Å². The standard InChI is InChI=1S/C13H6Cl2FNO3S/c14-9-1-4-13(11(15)6-9)20-21(18,19)10-2-3-12(16)8(5-10)7-17/h1-6H. The number of rotatable bonds is 3. The maximum Gasteiger partial charge on any atom is 0.339 e. The molecule has 0 aromatic heterocycles. The van der Waals surface area contributed by atoms with Gasteiger partial charge in [0.25, 0.3) is 0 Å². The van der Waals surface area contributed by atoms with Crippen LogP contribution in [0.25, 0.3) is 0 Å². The average Bonchev–Trinajstić information content (AvgIpc) is 2.42. The van der Waals surface area contributed by atoms with Gasteiger partial charge in [0, 0.05) is 5.02 Å². The van der Waals surface area contributed by atoms with Crippen LogP contribution < -0.4 is 4.18 Å². The second-order valence-corrected chi connectivity index (χ2v) is 6.26. The lowest BCUT2D eigenvalue weighted by atomic mass is 10.2. The molecule has 21 heavy (non-hydrogen) atoms. The summed E-state index contributed by atoms with van der Waals surface area (Å²) in [6.45, 7) is 0. The zero-order chi connectivity index (χ0) is 15.6. The monoisotopic (exact) mass is 345 g/mol. The van der Waals surface area contributed by atoms with Crippen LogP contribution in [0.3, 0.4) is 0 Å². The van der Waals surface area contributed by atoms with Gasteiger partial charge in [-0.05, 0) is 36.4 Å². The largest absolute Gasteiger partial charge is 0.377 e. The van der Waals surface area contributed by atoms with Gasteiger partial charge in [0.2, 0.25) is 0 Å². The Kier molecular flexibility index (Phi) is 4.37. The van der Waals surface area contributed by atoms with Crippen LogP contribution in [0.15, 0.2) is 41.3 Å².